The minimum atomic E-state index is -5.00. The highest BCUT2D eigenvalue weighted by atomic mass is 19.4. The Morgan fingerprint density at radius 2 is 1.47 bits per heavy atom. The van der Waals surface area contributed by atoms with Gasteiger partial charge in [-0.05, 0) is 50.7 Å². The molecule has 0 spiro atoms. The molecule has 4 aromatic carbocycles. The van der Waals surface area contributed by atoms with E-state index in [0.717, 1.165) is 6.33 Å². The lowest BCUT2D eigenvalue weighted by molar-refractivity contribution is -0.135. The molecule has 0 unspecified atom stereocenters. The van der Waals surface area contributed by atoms with Crippen LogP contribution >= 0.6 is 0 Å². The molecular weight excluding hydrogens is 409 g/mol. The van der Waals surface area contributed by atoms with Gasteiger partial charge in [-0.25, -0.2) is 9.97 Å². The quantitative estimate of drug-likeness (QED) is 0.249. The van der Waals surface area contributed by atoms with Crippen LogP contribution in [-0.4, -0.2) is 9.97 Å². The maximum absolute atomic E-state index is 14.5. The predicted molar refractivity (Wildman–Crippen MR) is 124 cm³/mol. The Kier molecular flexibility index (Phi) is 3.04. The second kappa shape index (κ2) is 7.02. The van der Waals surface area contributed by atoms with Crippen molar-refractivity contribution in [2.24, 2.45) is 0 Å². The number of alkyl halides is 3. The van der Waals surface area contributed by atoms with Crippen LogP contribution in [0.3, 0.4) is 0 Å². The molecule has 32 heavy (non-hydrogen) atoms. The van der Waals surface area contributed by atoms with Crippen molar-refractivity contribution in [3.63, 3.8) is 0 Å². The van der Waals surface area contributed by atoms with Gasteiger partial charge in [-0.15, -0.1) is 0 Å². The summed E-state index contributed by atoms with van der Waals surface area (Å²) in [5.74, 6) is 0. The largest absolute Gasteiger partial charge is 0.419 e. The van der Waals surface area contributed by atoms with Gasteiger partial charge < -0.3 is 0 Å². The number of nitrogens with zero attached hydrogens (tertiary/aromatic N) is 2. The summed E-state index contributed by atoms with van der Waals surface area (Å²) in [5.41, 5.74) is -1.19. The standard InChI is InChI=1S/C27H21F3N2/c1-26(2,3)22-14-18(12-16-8-4-6-10-19(16)22)24-21-13-17-9-5-7-11-20(17)23(27(28,29)30)25(21)32-15-31-24/h4-15H,1-3H3/i4D,5D,6D,7D,8D,9D,11D. The summed E-state index contributed by atoms with van der Waals surface area (Å²) in [5, 5.41) is -0.150. The lowest BCUT2D eigenvalue weighted by Crippen LogP contribution is -2.12. The fourth-order valence-corrected chi connectivity index (χ4v) is 4.01. The third-order valence-corrected chi connectivity index (χ3v) is 5.41. The van der Waals surface area contributed by atoms with E-state index in [4.69, 9.17) is 9.60 Å². The van der Waals surface area contributed by atoms with Gasteiger partial charge in [-0.1, -0.05) is 69.1 Å². The first kappa shape index (κ1) is 13.8. The minimum Gasteiger partial charge on any atom is -0.236 e. The number of aromatic nitrogens is 2. The van der Waals surface area contributed by atoms with Gasteiger partial charge in [0, 0.05) is 10.9 Å². The van der Waals surface area contributed by atoms with Crippen LogP contribution in [-0.2, 0) is 11.6 Å². The summed E-state index contributed by atoms with van der Waals surface area (Å²) in [6.45, 7) is 5.74. The second-order valence-corrected chi connectivity index (χ2v) is 8.56. The average Bonchev–Trinajstić information content (AvgIpc) is 2.86. The van der Waals surface area contributed by atoms with E-state index in [2.05, 4.69) is 9.97 Å². The molecule has 0 fully saturated rings. The summed E-state index contributed by atoms with van der Waals surface area (Å²) in [4.78, 5) is 8.19. The van der Waals surface area contributed by atoms with Gasteiger partial charge in [-0.2, -0.15) is 13.2 Å². The lowest BCUT2D eigenvalue weighted by atomic mass is 9.82. The molecule has 0 saturated heterocycles. The number of fused-ring (bicyclic) bond motifs is 3. The number of benzene rings is 4. The third-order valence-electron chi connectivity index (χ3n) is 5.41. The van der Waals surface area contributed by atoms with E-state index >= 15 is 0 Å². The molecule has 160 valence electrons. The van der Waals surface area contributed by atoms with E-state index in [-0.39, 0.29) is 34.6 Å². The zero-order chi connectivity index (χ0) is 28.8. The molecule has 0 amide bonds. The van der Waals surface area contributed by atoms with Crippen LogP contribution in [0.25, 0.3) is 43.7 Å². The first-order chi connectivity index (χ1) is 18.0. The molecule has 0 atom stereocenters. The zero-order valence-corrected chi connectivity index (χ0v) is 17.4. The van der Waals surface area contributed by atoms with E-state index in [0.29, 0.717) is 21.9 Å². The average molecular weight is 438 g/mol. The van der Waals surface area contributed by atoms with Gasteiger partial charge in [-0.3, -0.25) is 0 Å². The third kappa shape index (κ3) is 3.29. The molecule has 0 N–H and O–H groups in total. The summed E-state index contributed by atoms with van der Waals surface area (Å²) < 4.78 is 101. The minimum absolute atomic E-state index is 0.0729. The number of hydrogen-bond acceptors (Lipinski definition) is 2. The van der Waals surface area contributed by atoms with Crippen molar-refractivity contribution in [3.05, 3.63) is 84.0 Å². The molecule has 1 heterocycles. The molecule has 0 aliphatic heterocycles. The summed E-state index contributed by atoms with van der Waals surface area (Å²) >= 11 is 0. The maximum Gasteiger partial charge on any atom is 0.419 e. The van der Waals surface area contributed by atoms with Gasteiger partial charge in [0.25, 0.3) is 0 Å². The maximum atomic E-state index is 14.5. The van der Waals surface area contributed by atoms with Crippen LogP contribution in [0.5, 0.6) is 0 Å². The Morgan fingerprint density at radius 1 is 0.781 bits per heavy atom. The summed E-state index contributed by atoms with van der Waals surface area (Å²) in [6, 6.07) is 2.56. The van der Waals surface area contributed by atoms with Crippen LogP contribution < -0.4 is 0 Å². The highest BCUT2D eigenvalue weighted by molar-refractivity contribution is 6.06. The summed E-state index contributed by atoms with van der Waals surface area (Å²) in [7, 11) is 0. The predicted octanol–water partition coefficient (Wildman–Crippen LogP) is 7.92. The molecule has 2 nitrogen and oxygen atoms in total. The van der Waals surface area contributed by atoms with Crippen LogP contribution in [0, 0.1) is 0 Å². The Bertz CT molecular complexity index is 1860. The molecule has 0 saturated carbocycles. The molecule has 5 aromatic rings. The van der Waals surface area contributed by atoms with E-state index < -0.39 is 52.2 Å². The van der Waals surface area contributed by atoms with E-state index in [1.165, 1.54) is 12.1 Å². The molecule has 5 rings (SSSR count). The normalized spacial score (nSPS) is 15.8. The molecule has 1 aromatic heterocycles. The van der Waals surface area contributed by atoms with Crippen molar-refractivity contribution in [3.8, 4) is 11.3 Å². The Hall–Kier alpha value is -3.47. The van der Waals surface area contributed by atoms with Crippen molar-refractivity contribution < 1.29 is 22.8 Å². The number of hydrogen-bond donors (Lipinski definition) is 0. The lowest BCUT2D eigenvalue weighted by Gasteiger charge is -2.23. The molecule has 0 radical (unpaired) electrons. The Morgan fingerprint density at radius 3 is 2.19 bits per heavy atom. The van der Waals surface area contributed by atoms with Crippen LogP contribution in [0.1, 0.15) is 41.5 Å². The fraction of sp³-hybridized carbons (Fsp3) is 0.185. The van der Waals surface area contributed by atoms with Crippen molar-refractivity contribution >= 4 is 32.4 Å². The number of halogens is 3. The zero-order valence-electron chi connectivity index (χ0n) is 24.4. The monoisotopic (exact) mass is 437 g/mol. The van der Waals surface area contributed by atoms with Gasteiger partial charge in [0.2, 0.25) is 0 Å². The number of rotatable bonds is 1. The first-order valence-corrected chi connectivity index (χ1v) is 9.84. The fourth-order valence-electron chi connectivity index (χ4n) is 4.01. The topological polar surface area (TPSA) is 25.8 Å². The Balaban J connectivity index is 2.00. The van der Waals surface area contributed by atoms with E-state index in [1.807, 2.05) is 20.8 Å². The second-order valence-electron chi connectivity index (χ2n) is 8.56. The molecule has 5 heteroatoms. The van der Waals surface area contributed by atoms with Crippen molar-refractivity contribution in [1.29, 1.82) is 0 Å². The van der Waals surface area contributed by atoms with Crippen molar-refractivity contribution in [2.75, 3.05) is 0 Å². The smallest absolute Gasteiger partial charge is 0.236 e. The molecule has 0 aliphatic rings. The van der Waals surface area contributed by atoms with Crippen LogP contribution in [0.4, 0.5) is 13.2 Å². The van der Waals surface area contributed by atoms with Gasteiger partial charge in [0.1, 0.15) is 6.33 Å². The summed E-state index contributed by atoms with van der Waals surface area (Å²) in [6.07, 6.45) is -4.03. The van der Waals surface area contributed by atoms with Crippen LogP contribution in [0.15, 0.2) is 72.9 Å². The van der Waals surface area contributed by atoms with Gasteiger partial charge in [0.15, 0.2) is 0 Å². The van der Waals surface area contributed by atoms with Crippen LogP contribution in [0.2, 0.25) is 0 Å². The SMILES string of the molecule is [2H]c1cc2c(C(C)(C)C)cc(-c3ncnc4c(C(F)(F)F)c5c([2H])c([2H])c([2H])c([2H])c5cc34)cc2c([2H])c1[2H]. The van der Waals surface area contributed by atoms with Gasteiger partial charge in [0.05, 0.1) is 26.4 Å². The van der Waals surface area contributed by atoms with Crippen molar-refractivity contribution in [1.82, 2.24) is 9.97 Å². The van der Waals surface area contributed by atoms with E-state index in [1.54, 1.807) is 12.1 Å². The van der Waals surface area contributed by atoms with Gasteiger partial charge >= 0.3 is 6.18 Å². The molecule has 0 aliphatic carbocycles. The molecule has 0 bridgehead atoms. The Labute approximate surface area is 193 Å². The first-order valence-electron chi connectivity index (χ1n) is 13.3. The van der Waals surface area contributed by atoms with E-state index in [9.17, 15) is 13.2 Å². The highest BCUT2D eigenvalue weighted by Gasteiger charge is 2.36. The molecular formula is C27H21F3N2. The van der Waals surface area contributed by atoms with Crippen molar-refractivity contribution in [2.45, 2.75) is 32.4 Å². The highest BCUT2D eigenvalue weighted by Crippen LogP contribution is 2.42.